The molecule has 0 saturated heterocycles. The van der Waals surface area contributed by atoms with Crippen LogP contribution in [0.4, 0.5) is 0 Å². The van der Waals surface area contributed by atoms with Crippen molar-refractivity contribution in [1.82, 2.24) is 4.98 Å². The van der Waals surface area contributed by atoms with E-state index in [1.807, 2.05) is 30.3 Å². The Morgan fingerprint density at radius 3 is 2.30 bits per heavy atom. The second-order valence-electron chi connectivity index (χ2n) is 5.04. The van der Waals surface area contributed by atoms with E-state index in [9.17, 15) is 5.11 Å². The quantitative estimate of drug-likeness (QED) is 0.735. The van der Waals surface area contributed by atoms with Crippen molar-refractivity contribution in [3.05, 3.63) is 64.8 Å². The lowest BCUT2D eigenvalue weighted by Gasteiger charge is -2.19. The van der Waals surface area contributed by atoms with Crippen molar-refractivity contribution in [2.45, 2.75) is 6.10 Å². The number of methoxy groups -OCH3 is 2. The number of para-hydroxylation sites is 1. The van der Waals surface area contributed by atoms with Crippen molar-refractivity contribution in [3.63, 3.8) is 0 Å². The molecule has 0 aliphatic rings. The van der Waals surface area contributed by atoms with Gasteiger partial charge in [0.15, 0.2) is 0 Å². The topological polar surface area (TPSA) is 51.6 Å². The number of nitrogens with zero attached hydrogens (tertiary/aromatic N) is 1. The van der Waals surface area contributed by atoms with Gasteiger partial charge in [0, 0.05) is 10.9 Å². The van der Waals surface area contributed by atoms with Gasteiger partial charge >= 0.3 is 0 Å². The van der Waals surface area contributed by atoms with E-state index in [0.717, 1.165) is 10.9 Å². The monoisotopic (exact) mass is 329 g/mol. The van der Waals surface area contributed by atoms with Gasteiger partial charge in [-0.05, 0) is 24.3 Å². The summed E-state index contributed by atoms with van der Waals surface area (Å²) in [6.07, 6.45) is -1.01. The van der Waals surface area contributed by atoms with Crippen molar-refractivity contribution in [2.24, 2.45) is 0 Å². The summed E-state index contributed by atoms with van der Waals surface area (Å²) in [4.78, 5) is 4.36. The number of aliphatic hydroxyl groups excluding tert-OH is 1. The SMILES string of the molecule is COc1cccc(OC)c1C(O)c1cc2ccccc2nc1Cl. The van der Waals surface area contributed by atoms with E-state index in [0.29, 0.717) is 22.6 Å². The summed E-state index contributed by atoms with van der Waals surface area (Å²) >= 11 is 6.29. The first-order valence-electron chi connectivity index (χ1n) is 7.10. The van der Waals surface area contributed by atoms with Crippen molar-refractivity contribution < 1.29 is 14.6 Å². The fourth-order valence-corrected chi connectivity index (χ4v) is 2.85. The van der Waals surface area contributed by atoms with Gasteiger partial charge in [-0.2, -0.15) is 0 Å². The smallest absolute Gasteiger partial charge is 0.135 e. The highest BCUT2D eigenvalue weighted by Crippen LogP contribution is 2.39. The molecule has 0 bridgehead atoms. The van der Waals surface area contributed by atoms with Crippen molar-refractivity contribution >= 4 is 22.5 Å². The van der Waals surface area contributed by atoms with Gasteiger partial charge in [-0.15, -0.1) is 0 Å². The minimum Gasteiger partial charge on any atom is -0.496 e. The number of hydrogen-bond donors (Lipinski definition) is 1. The van der Waals surface area contributed by atoms with E-state index in [4.69, 9.17) is 21.1 Å². The number of rotatable bonds is 4. The van der Waals surface area contributed by atoms with Crippen LogP contribution in [0, 0.1) is 0 Å². The van der Waals surface area contributed by atoms with Crippen LogP contribution in [0.5, 0.6) is 11.5 Å². The number of pyridine rings is 1. The fraction of sp³-hybridized carbons (Fsp3) is 0.167. The first-order chi connectivity index (χ1) is 11.2. The zero-order valence-electron chi connectivity index (χ0n) is 12.8. The van der Waals surface area contributed by atoms with Gasteiger partial charge in [0.1, 0.15) is 22.8 Å². The van der Waals surface area contributed by atoms with Crippen LogP contribution in [0.1, 0.15) is 17.2 Å². The van der Waals surface area contributed by atoms with Crippen LogP contribution >= 0.6 is 11.6 Å². The van der Waals surface area contributed by atoms with Crippen LogP contribution in [-0.4, -0.2) is 24.3 Å². The van der Waals surface area contributed by atoms with E-state index < -0.39 is 6.10 Å². The Hall–Kier alpha value is -2.30. The molecule has 0 aliphatic heterocycles. The van der Waals surface area contributed by atoms with E-state index >= 15 is 0 Å². The van der Waals surface area contributed by atoms with E-state index in [1.165, 1.54) is 0 Å². The largest absolute Gasteiger partial charge is 0.496 e. The minimum absolute atomic E-state index is 0.254. The summed E-state index contributed by atoms with van der Waals surface area (Å²) < 4.78 is 10.7. The Kier molecular flexibility index (Phi) is 4.37. The summed E-state index contributed by atoms with van der Waals surface area (Å²) in [5, 5.41) is 12.0. The van der Waals surface area contributed by atoms with E-state index in [-0.39, 0.29) is 5.15 Å². The van der Waals surface area contributed by atoms with Crippen LogP contribution in [0.15, 0.2) is 48.5 Å². The predicted octanol–water partition coefficient (Wildman–Crippen LogP) is 3.99. The van der Waals surface area contributed by atoms with Gasteiger partial charge in [0.25, 0.3) is 0 Å². The molecule has 3 rings (SSSR count). The molecule has 118 valence electrons. The highest BCUT2D eigenvalue weighted by Gasteiger charge is 2.23. The number of fused-ring (bicyclic) bond motifs is 1. The Morgan fingerprint density at radius 2 is 1.65 bits per heavy atom. The molecule has 5 heteroatoms. The number of benzene rings is 2. The average Bonchev–Trinajstić information content (AvgIpc) is 2.59. The van der Waals surface area contributed by atoms with Crippen LogP contribution in [-0.2, 0) is 0 Å². The average molecular weight is 330 g/mol. The molecular formula is C18H16ClNO3. The second kappa shape index (κ2) is 6.44. The highest BCUT2D eigenvalue weighted by atomic mass is 35.5. The molecular weight excluding hydrogens is 314 g/mol. The molecule has 0 saturated carbocycles. The highest BCUT2D eigenvalue weighted by molar-refractivity contribution is 6.30. The molecule has 1 unspecified atom stereocenters. The Bertz CT molecular complexity index is 829. The Labute approximate surface area is 139 Å². The molecule has 1 atom stereocenters. The summed E-state index contributed by atoms with van der Waals surface area (Å²) in [6.45, 7) is 0. The second-order valence-corrected chi connectivity index (χ2v) is 5.40. The molecule has 1 N–H and O–H groups in total. The lowest BCUT2D eigenvalue weighted by molar-refractivity contribution is 0.208. The number of hydrogen-bond acceptors (Lipinski definition) is 4. The van der Waals surface area contributed by atoms with Crippen molar-refractivity contribution in [2.75, 3.05) is 14.2 Å². The summed E-state index contributed by atoms with van der Waals surface area (Å²) in [5.41, 5.74) is 1.81. The summed E-state index contributed by atoms with van der Waals surface area (Å²) in [6, 6.07) is 14.8. The lowest BCUT2D eigenvalue weighted by Crippen LogP contribution is -2.06. The first-order valence-corrected chi connectivity index (χ1v) is 7.47. The van der Waals surface area contributed by atoms with Gasteiger partial charge in [-0.3, -0.25) is 0 Å². The van der Waals surface area contributed by atoms with Crippen LogP contribution in [0.25, 0.3) is 10.9 Å². The predicted molar refractivity (Wildman–Crippen MR) is 90.4 cm³/mol. The zero-order valence-corrected chi connectivity index (χ0v) is 13.5. The molecule has 0 spiro atoms. The normalized spacial score (nSPS) is 12.2. The number of aliphatic hydroxyl groups is 1. The lowest BCUT2D eigenvalue weighted by atomic mass is 9.99. The molecule has 0 aliphatic carbocycles. The van der Waals surface area contributed by atoms with E-state index in [2.05, 4.69) is 4.98 Å². The van der Waals surface area contributed by atoms with Gasteiger partial charge < -0.3 is 14.6 Å². The number of halogens is 1. The molecule has 0 amide bonds. The third kappa shape index (κ3) is 2.83. The number of ether oxygens (including phenoxy) is 2. The van der Waals surface area contributed by atoms with Crippen LogP contribution in [0.2, 0.25) is 5.15 Å². The van der Waals surface area contributed by atoms with E-state index in [1.54, 1.807) is 32.4 Å². The van der Waals surface area contributed by atoms with Gasteiger partial charge in [-0.1, -0.05) is 35.9 Å². The van der Waals surface area contributed by atoms with Crippen molar-refractivity contribution in [3.8, 4) is 11.5 Å². The maximum atomic E-state index is 10.9. The standard InChI is InChI=1S/C18H16ClNO3/c1-22-14-8-5-9-15(23-2)16(14)17(21)12-10-11-6-3-4-7-13(11)20-18(12)19/h3-10,17,21H,1-2H3. The molecule has 4 nitrogen and oxygen atoms in total. The third-order valence-corrected chi connectivity index (χ3v) is 4.04. The van der Waals surface area contributed by atoms with Crippen molar-refractivity contribution in [1.29, 1.82) is 0 Å². The molecule has 2 aromatic carbocycles. The fourth-order valence-electron chi connectivity index (χ4n) is 2.61. The van der Waals surface area contributed by atoms with Crippen LogP contribution in [0.3, 0.4) is 0 Å². The number of aromatic nitrogens is 1. The maximum Gasteiger partial charge on any atom is 0.135 e. The molecule has 0 radical (unpaired) electrons. The first kappa shape index (κ1) is 15.6. The van der Waals surface area contributed by atoms with Crippen LogP contribution < -0.4 is 9.47 Å². The molecule has 1 aromatic heterocycles. The summed E-state index contributed by atoms with van der Waals surface area (Å²) in [5.74, 6) is 1.06. The Balaban J connectivity index is 2.17. The zero-order chi connectivity index (χ0) is 16.4. The minimum atomic E-state index is -1.01. The van der Waals surface area contributed by atoms with Gasteiger partial charge in [0.2, 0.25) is 0 Å². The summed E-state index contributed by atoms with van der Waals surface area (Å²) in [7, 11) is 3.09. The Morgan fingerprint density at radius 1 is 1.00 bits per heavy atom. The molecule has 3 aromatic rings. The molecule has 1 heterocycles. The molecule has 23 heavy (non-hydrogen) atoms. The third-order valence-electron chi connectivity index (χ3n) is 3.74. The molecule has 0 fully saturated rings. The maximum absolute atomic E-state index is 10.9. The van der Waals surface area contributed by atoms with Gasteiger partial charge in [-0.25, -0.2) is 4.98 Å². The van der Waals surface area contributed by atoms with Gasteiger partial charge in [0.05, 0.1) is 25.3 Å².